The van der Waals surface area contributed by atoms with Gasteiger partial charge in [0.2, 0.25) is 10.0 Å². The maximum Gasteiger partial charge on any atom is 0.244 e. The second-order valence-corrected chi connectivity index (χ2v) is 8.44. The number of ether oxygens (including phenoxy) is 2. The Hall–Kier alpha value is -1.57. The van der Waals surface area contributed by atoms with Crippen molar-refractivity contribution in [2.75, 3.05) is 20.8 Å². The SMILES string of the molecule is COc1cc(C)c(S(=O)(=O)N2CCCC2c2ccsc2)cc1OC. The van der Waals surface area contributed by atoms with Gasteiger partial charge in [-0.3, -0.25) is 0 Å². The summed E-state index contributed by atoms with van der Waals surface area (Å²) in [5.74, 6) is 0.956. The number of nitrogens with zero attached hydrogens (tertiary/aromatic N) is 1. The number of aryl methyl sites for hydroxylation is 1. The molecule has 0 spiro atoms. The Bertz CT molecular complexity index is 815. The number of rotatable bonds is 5. The van der Waals surface area contributed by atoms with Gasteiger partial charge in [-0.05, 0) is 53.8 Å². The highest BCUT2D eigenvalue weighted by Crippen LogP contribution is 2.40. The van der Waals surface area contributed by atoms with Crippen LogP contribution >= 0.6 is 11.3 Å². The molecule has 1 aliphatic heterocycles. The van der Waals surface area contributed by atoms with Crippen molar-refractivity contribution in [3.63, 3.8) is 0 Å². The van der Waals surface area contributed by atoms with Gasteiger partial charge in [0.1, 0.15) is 0 Å². The molecule has 0 N–H and O–H groups in total. The molecule has 5 nitrogen and oxygen atoms in total. The highest BCUT2D eigenvalue weighted by molar-refractivity contribution is 7.89. The molecule has 7 heteroatoms. The summed E-state index contributed by atoms with van der Waals surface area (Å²) >= 11 is 1.59. The van der Waals surface area contributed by atoms with Gasteiger partial charge < -0.3 is 9.47 Å². The van der Waals surface area contributed by atoms with E-state index in [4.69, 9.17) is 9.47 Å². The van der Waals surface area contributed by atoms with Crippen molar-refractivity contribution in [1.29, 1.82) is 0 Å². The first kappa shape index (κ1) is 17.3. The Morgan fingerprint density at radius 2 is 1.92 bits per heavy atom. The average molecular weight is 367 g/mol. The van der Waals surface area contributed by atoms with Crippen molar-refractivity contribution in [3.8, 4) is 11.5 Å². The van der Waals surface area contributed by atoms with Gasteiger partial charge in [-0.1, -0.05) is 0 Å². The lowest BCUT2D eigenvalue weighted by Gasteiger charge is -2.25. The highest BCUT2D eigenvalue weighted by atomic mass is 32.2. The average Bonchev–Trinajstić information content (AvgIpc) is 3.24. The van der Waals surface area contributed by atoms with Crippen LogP contribution in [0.1, 0.15) is 30.0 Å². The van der Waals surface area contributed by atoms with Crippen LogP contribution in [-0.4, -0.2) is 33.5 Å². The largest absolute Gasteiger partial charge is 0.493 e. The molecule has 2 heterocycles. The first-order chi connectivity index (χ1) is 11.5. The van der Waals surface area contributed by atoms with E-state index in [0.717, 1.165) is 18.4 Å². The van der Waals surface area contributed by atoms with Gasteiger partial charge in [0.25, 0.3) is 0 Å². The minimum absolute atomic E-state index is 0.0891. The van der Waals surface area contributed by atoms with E-state index in [9.17, 15) is 8.42 Å². The molecule has 0 saturated carbocycles. The molecule has 2 aromatic rings. The predicted molar refractivity (Wildman–Crippen MR) is 94.5 cm³/mol. The fourth-order valence-corrected chi connectivity index (χ4v) is 5.80. The standard InChI is InChI=1S/C17H21NO4S2/c1-12-9-15(21-2)16(22-3)10-17(12)24(19,20)18-7-4-5-14(18)13-6-8-23-11-13/h6,8-11,14H,4-5,7H2,1-3H3. The fraction of sp³-hybridized carbons (Fsp3) is 0.412. The molecular weight excluding hydrogens is 346 g/mol. The summed E-state index contributed by atoms with van der Waals surface area (Å²) in [6.45, 7) is 2.32. The molecule has 1 atom stereocenters. The van der Waals surface area contributed by atoms with Gasteiger partial charge in [0.05, 0.1) is 25.2 Å². The molecule has 1 aliphatic rings. The van der Waals surface area contributed by atoms with Gasteiger partial charge in [0, 0.05) is 12.6 Å². The fourth-order valence-electron chi connectivity index (χ4n) is 3.19. The number of hydrogen-bond acceptors (Lipinski definition) is 5. The zero-order chi connectivity index (χ0) is 17.3. The summed E-state index contributed by atoms with van der Waals surface area (Å²) < 4.78 is 38.7. The van der Waals surface area contributed by atoms with Gasteiger partial charge >= 0.3 is 0 Å². The Morgan fingerprint density at radius 1 is 1.21 bits per heavy atom. The second-order valence-electron chi connectivity index (χ2n) is 5.80. The molecule has 1 fully saturated rings. The molecule has 1 saturated heterocycles. The van der Waals surface area contributed by atoms with Crippen LogP contribution in [0.3, 0.4) is 0 Å². The molecule has 3 rings (SSSR count). The van der Waals surface area contributed by atoms with Crippen LogP contribution < -0.4 is 9.47 Å². The van der Waals surface area contributed by atoms with Gasteiger partial charge in [-0.25, -0.2) is 8.42 Å². The summed E-state index contributed by atoms with van der Waals surface area (Å²) in [4.78, 5) is 0.280. The topological polar surface area (TPSA) is 55.8 Å². The van der Waals surface area contributed by atoms with Gasteiger partial charge in [0.15, 0.2) is 11.5 Å². The van der Waals surface area contributed by atoms with Crippen LogP contribution in [0, 0.1) is 6.92 Å². The zero-order valence-electron chi connectivity index (χ0n) is 14.0. The second kappa shape index (κ2) is 6.74. The number of thiophene rings is 1. The van der Waals surface area contributed by atoms with E-state index >= 15 is 0 Å². The quantitative estimate of drug-likeness (QED) is 0.810. The first-order valence-electron chi connectivity index (χ1n) is 7.75. The van der Waals surface area contributed by atoms with Crippen molar-refractivity contribution in [2.45, 2.75) is 30.7 Å². The normalized spacial score (nSPS) is 18.7. The van der Waals surface area contributed by atoms with Crippen molar-refractivity contribution >= 4 is 21.4 Å². The van der Waals surface area contributed by atoms with E-state index < -0.39 is 10.0 Å². The summed E-state index contributed by atoms with van der Waals surface area (Å²) in [7, 11) is -0.552. The molecule has 0 aliphatic carbocycles. The third-order valence-corrected chi connectivity index (χ3v) is 7.15. The van der Waals surface area contributed by atoms with Crippen LogP contribution in [0.2, 0.25) is 0 Å². The van der Waals surface area contributed by atoms with Crippen LogP contribution in [-0.2, 0) is 10.0 Å². The Labute approximate surface area is 146 Å². The van der Waals surface area contributed by atoms with Crippen LogP contribution in [0.4, 0.5) is 0 Å². The van der Waals surface area contributed by atoms with E-state index in [-0.39, 0.29) is 10.9 Å². The van der Waals surface area contributed by atoms with Crippen LogP contribution in [0.25, 0.3) is 0 Å². The first-order valence-corrected chi connectivity index (χ1v) is 10.1. The monoisotopic (exact) mass is 367 g/mol. The van der Waals surface area contributed by atoms with E-state index in [2.05, 4.69) is 0 Å². The van der Waals surface area contributed by atoms with E-state index in [1.807, 2.05) is 16.8 Å². The number of hydrogen-bond donors (Lipinski definition) is 0. The third-order valence-electron chi connectivity index (χ3n) is 4.40. The molecule has 0 amide bonds. The van der Waals surface area contributed by atoms with Crippen molar-refractivity contribution < 1.29 is 17.9 Å². The molecule has 1 aromatic heterocycles. The third kappa shape index (κ3) is 2.92. The molecule has 1 aromatic carbocycles. The van der Waals surface area contributed by atoms with Crippen molar-refractivity contribution in [3.05, 3.63) is 40.1 Å². The predicted octanol–water partition coefficient (Wildman–Crippen LogP) is 3.60. The Morgan fingerprint density at radius 3 is 2.54 bits per heavy atom. The Balaban J connectivity index is 2.04. The van der Waals surface area contributed by atoms with Crippen LogP contribution in [0.15, 0.2) is 33.9 Å². The summed E-state index contributed by atoms with van der Waals surface area (Å²) in [6.07, 6.45) is 1.72. The minimum atomic E-state index is -3.60. The van der Waals surface area contributed by atoms with E-state index in [1.54, 1.807) is 41.8 Å². The lowest BCUT2D eigenvalue weighted by Crippen LogP contribution is -2.31. The van der Waals surface area contributed by atoms with E-state index in [0.29, 0.717) is 23.6 Å². The van der Waals surface area contributed by atoms with Gasteiger partial charge in [-0.2, -0.15) is 15.6 Å². The number of benzene rings is 1. The highest BCUT2D eigenvalue weighted by Gasteiger charge is 2.37. The summed E-state index contributed by atoms with van der Waals surface area (Å²) in [5.41, 5.74) is 1.72. The Kier molecular flexibility index (Phi) is 4.85. The van der Waals surface area contributed by atoms with Crippen LogP contribution in [0.5, 0.6) is 11.5 Å². The lowest BCUT2D eigenvalue weighted by molar-refractivity contribution is 0.352. The molecule has 0 radical (unpaired) electrons. The zero-order valence-corrected chi connectivity index (χ0v) is 15.6. The lowest BCUT2D eigenvalue weighted by atomic mass is 10.1. The molecular formula is C17H21NO4S2. The molecule has 0 bridgehead atoms. The minimum Gasteiger partial charge on any atom is -0.493 e. The summed E-state index contributed by atoms with van der Waals surface area (Å²) in [5, 5.41) is 4.01. The number of methoxy groups -OCH3 is 2. The molecule has 130 valence electrons. The summed E-state index contributed by atoms with van der Waals surface area (Å²) in [6, 6.07) is 5.19. The molecule has 24 heavy (non-hydrogen) atoms. The van der Waals surface area contributed by atoms with Crippen molar-refractivity contribution in [1.82, 2.24) is 4.31 Å². The van der Waals surface area contributed by atoms with Crippen molar-refractivity contribution in [2.24, 2.45) is 0 Å². The maximum atomic E-state index is 13.3. The number of sulfonamides is 1. The van der Waals surface area contributed by atoms with E-state index in [1.165, 1.54) is 7.11 Å². The maximum absolute atomic E-state index is 13.3. The smallest absolute Gasteiger partial charge is 0.244 e. The van der Waals surface area contributed by atoms with Gasteiger partial charge in [-0.15, -0.1) is 0 Å². The molecule has 1 unspecified atom stereocenters.